The van der Waals surface area contributed by atoms with Crippen molar-refractivity contribution in [1.82, 2.24) is 14.7 Å². The van der Waals surface area contributed by atoms with Gasteiger partial charge in [0.2, 0.25) is 0 Å². The molecule has 3 aliphatic rings. The van der Waals surface area contributed by atoms with E-state index in [-0.39, 0.29) is 0 Å². The molecule has 0 aliphatic carbocycles. The summed E-state index contributed by atoms with van der Waals surface area (Å²) in [7, 11) is 0. The molecule has 3 aliphatic heterocycles. The highest BCUT2D eigenvalue weighted by molar-refractivity contribution is 4.91. The molecule has 0 aromatic heterocycles. The van der Waals surface area contributed by atoms with Gasteiger partial charge in [0.25, 0.3) is 0 Å². The average Bonchev–Trinajstić information content (AvgIpc) is 2.59. The fraction of sp³-hybridized carbons (Fsp3) is 1.00. The molecule has 1 spiro atoms. The Kier molecular flexibility index (Phi) is 5.80. The highest BCUT2D eigenvalue weighted by atomic mass is 15.2. The van der Waals surface area contributed by atoms with Gasteiger partial charge in [0, 0.05) is 6.54 Å². The van der Waals surface area contributed by atoms with Gasteiger partial charge in [-0.05, 0) is 102 Å². The zero-order valence-corrected chi connectivity index (χ0v) is 15.0. The summed E-state index contributed by atoms with van der Waals surface area (Å²) >= 11 is 0. The molecule has 3 heterocycles. The molecule has 3 heteroatoms. The first kappa shape index (κ1) is 16.7. The first-order valence-corrected chi connectivity index (χ1v) is 9.90. The number of nitrogens with zero attached hydrogens (tertiary/aromatic N) is 3. The maximum atomic E-state index is 2.80. The van der Waals surface area contributed by atoms with Gasteiger partial charge in [0.05, 0.1) is 0 Å². The minimum atomic E-state index is 0.716. The van der Waals surface area contributed by atoms with Crippen molar-refractivity contribution in [3.8, 4) is 0 Å². The Morgan fingerprint density at radius 2 is 1.14 bits per heavy atom. The van der Waals surface area contributed by atoms with Crippen molar-refractivity contribution in [3.63, 3.8) is 0 Å². The van der Waals surface area contributed by atoms with Crippen molar-refractivity contribution in [1.29, 1.82) is 0 Å². The number of hydrogen-bond donors (Lipinski definition) is 0. The van der Waals surface area contributed by atoms with Crippen LogP contribution in [0.25, 0.3) is 0 Å². The summed E-state index contributed by atoms with van der Waals surface area (Å²) in [5.41, 5.74) is 0.716. The fourth-order valence-corrected chi connectivity index (χ4v) is 4.90. The average molecular weight is 308 g/mol. The van der Waals surface area contributed by atoms with Gasteiger partial charge in [0.15, 0.2) is 0 Å². The van der Waals surface area contributed by atoms with Crippen LogP contribution in [0.4, 0.5) is 0 Å². The van der Waals surface area contributed by atoms with Crippen molar-refractivity contribution in [2.24, 2.45) is 11.3 Å². The van der Waals surface area contributed by atoms with Gasteiger partial charge in [-0.15, -0.1) is 0 Å². The number of likely N-dealkylation sites (tertiary alicyclic amines) is 3. The molecule has 0 amide bonds. The zero-order valence-electron chi connectivity index (χ0n) is 15.0. The van der Waals surface area contributed by atoms with Gasteiger partial charge in [0.1, 0.15) is 0 Å². The quantitative estimate of drug-likeness (QED) is 0.791. The number of rotatable bonds is 4. The Labute approximate surface area is 138 Å². The molecule has 22 heavy (non-hydrogen) atoms. The van der Waals surface area contributed by atoms with Crippen LogP contribution in [0, 0.1) is 11.3 Å². The third-order valence-corrected chi connectivity index (χ3v) is 6.95. The van der Waals surface area contributed by atoms with E-state index >= 15 is 0 Å². The fourth-order valence-electron chi connectivity index (χ4n) is 4.90. The van der Waals surface area contributed by atoms with Crippen molar-refractivity contribution >= 4 is 0 Å². The minimum Gasteiger partial charge on any atom is -0.304 e. The predicted octanol–water partition coefficient (Wildman–Crippen LogP) is 2.92. The molecule has 0 aromatic rings. The van der Waals surface area contributed by atoms with Gasteiger partial charge in [-0.2, -0.15) is 0 Å². The minimum absolute atomic E-state index is 0.716. The van der Waals surface area contributed by atoms with Crippen LogP contribution in [0.2, 0.25) is 0 Å². The second-order valence-electron chi connectivity index (χ2n) is 8.11. The summed E-state index contributed by atoms with van der Waals surface area (Å²) in [6.07, 6.45) is 8.73. The van der Waals surface area contributed by atoms with Gasteiger partial charge in [-0.3, -0.25) is 0 Å². The molecule has 0 saturated carbocycles. The van der Waals surface area contributed by atoms with Crippen LogP contribution < -0.4 is 0 Å². The van der Waals surface area contributed by atoms with E-state index in [9.17, 15) is 0 Å². The van der Waals surface area contributed by atoms with Gasteiger partial charge >= 0.3 is 0 Å². The largest absolute Gasteiger partial charge is 0.304 e. The van der Waals surface area contributed by atoms with Crippen LogP contribution in [-0.2, 0) is 0 Å². The zero-order chi connectivity index (χ0) is 15.4. The highest BCUT2D eigenvalue weighted by Crippen LogP contribution is 2.41. The topological polar surface area (TPSA) is 9.72 Å². The predicted molar refractivity (Wildman–Crippen MR) is 94.3 cm³/mol. The normalized spacial score (nSPS) is 29.2. The van der Waals surface area contributed by atoms with Crippen molar-refractivity contribution in [2.75, 3.05) is 58.9 Å². The van der Waals surface area contributed by atoms with Crippen LogP contribution in [0.5, 0.6) is 0 Å². The van der Waals surface area contributed by atoms with Crippen LogP contribution in [0.3, 0.4) is 0 Å². The monoisotopic (exact) mass is 307 g/mol. The molecule has 3 saturated heterocycles. The van der Waals surface area contributed by atoms with E-state index in [1.54, 1.807) is 0 Å². The third-order valence-electron chi connectivity index (χ3n) is 6.95. The third kappa shape index (κ3) is 4.04. The Bertz CT molecular complexity index is 318. The van der Waals surface area contributed by atoms with Gasteiger partial charge in [-0.25, -0.2) is 0 Å². The standard InChI is InChI=1S/C19H37N3/c1-3-20-11-5-18(6-12-20)17-22-15-9-19(10-16-22)7-13-21(4-2)14-8-19/h18H,3-17H2,1-2H3. The van der Waals surface area contributed by atoms with E-state index in [1.807, 2.05) is 0 Å². The van der Waals surface area contributed by atoms with E-state index in [4.69, 9.17) is 0 Å². The summed E-state index contributed by atoms with van der Waals surface area (Å²) in [6, 6.07) is 0. The molecule has 0 unspecified atom stereocenters. The molecule has 3 nitrogen and oxygen atoms in total. The molecule has 3 fully saturated rings. The molecule has 3 rings (SSSR count). The van der Waals surface area contributed by atoms with Crippen LogP contribution in [0.15, 0.2) is 0 Å². The summed E-state index contributed by atoms with van der Waals surface area (Å²) < 4.78 is 0. The maximum Gasteiger partial charge on any atom is 0.00106 e. The van der Waals surface area contributed by atoms with E-state index in [2.05, 4.69) is 28.5 Å². The summed E-state index contributed by atoms with van der Waals surface area (Å²) in [5.74, 6) is 0.971. The molecule has 0 radical (unpaired) electrons. The maximum absolute atomic E-state index is 2.80. The SMILES string of the molecule is CCN1CCC(CN2CCC3(CCN(CC)CC3)CC2)CC1. The Hall–Kier alpha value is -0.120. The number of hydrogen-bond acceptors (Lipinski definition) is 3. The molecule has 0 aromatic carbocycles. The number of piperidine rings is 3. The van der Waals surface area contributed by atoms with E-state index in [1.165, 1.54) is 97.4 Å². The first-order chi connectivity index (χ1) is 10.7. The van der Waals surface area contributed by atoms with Crippen LogP contribution in [0.1, 0.15) is 52.4 Å². The van der Waals surface area contributed by atoms with E-state index in [0.717, 1.165) is 5.92 Å². The molecule has 128 valence electrons. The van der Waals surface area contributed by atoms with E-state index in [0.29, 0.717) is 5.41 Å². The molecular formula is C19H37N3. The smallest absolute Gasteiger partial charge is 0.00106 e. The lowest BCUT2D eigenvalue weighted by molar-refractivity contribution is 0.0271. The second kappa shape index (κ2) is 7.63. The Morgan fingerprint density at radius 3 is 1.64 bits per heavy atom. The second-order valence-corrected chi connectivity index (χ2v) is 8.11. The molecule has 0 bridgehead atoms. The van der Waals surface area contributed by atoms with Crippen molar-refractivity contribution in [3.05, 3.63) is 0 Å². The summed E-state index contributed by atoms with van der Waals surface area (Å²) in [5, 5.41) is 0. The highest BCUT2D eigenvalue weighted by Gasteiger charge is 2.37. The van der Waals surface area contributed by atoms with Gasteiger partial charge in [-0.1, -0.05) is 13.8 Å². The Balaban J connectivity index is 1.39. The molecular weight excluding hydrogens is 270 g/mol. The molecule has 0 atom stereocenters. The lowest BCUT2D eigenvalue weighted by Gasteiger charge is -2.47. The van der Waals surface area contributed by atoms with Crippen LogP contribution in [-0.4, -0.2) is 73.6 Å². The summed E-state index contributed by atoms with van der Waals surface area (Å²) in [6.45, 7) is 16.6. The van der Waals surface area contributed by atoms with Crippen LogP contribution >= 0.6 is 0 Å². The lowest BCUT2D eigenvalue weighted by Crippen LogP contribution is -2.48. The van der Waals surface area contributed by atoms with Crippen molar-refractivity contribution in [2.45, 2.75) is 52.4 Å². The van der Waals surface area contributed by atoms with Gasteiger partial charge < -0.3 is 14.7 Å². The molecule has 0 N–H and O–H groups in total. The lowest BCUT2D eigenvalue weighted by atomic mass is 9.71. The first-order valence-electron chi connectivity index (χ1n) is 9.90. The summed E-state index contributed by atoms with van der Waals surface area (Å²) in [4.78, 5) is 8.05. The Morgan fingerprint density at radius 1 is 0.682 bits per heavy atom. The van der Waals surface area contributed by atoms with Crippen molar-refractivity contribution < 1.29 is 0 Å². The van der Waals surface area contributed by atoms with E-state index < -0.39 is 0 Å².